The molecule has 30 heavy (non-hydrogen) atoms. The van der Waals surface area contributed by atoms with Crippen LogP contribution in [-0.4, -0.2) is 38.4 Å². The van der Waals surface area contributed by atoms with Crippen LogP contribution in [0.4, 0.5) is 0 Å². The van der Waals surface area contributed by atoms with Gasteiger partial charge in [-0.2, -0.15) is 5.10 Å². The fraction of sp³-hybridized carbons (Fsp3) is 0.250. The molecule has 5 rings (SSSR count). The first-order chi connectivity index (χ1) is 14.6. The number of aromatic hydroxyl groups is 1. The Hall–Kier alpha value is -3.38. The van der Waals surface area contributed by atoms with Gasteiger partial charge >= 0.3 is 0 Å². The third kappa shape index (κ3) is 3.19. The summed E-state index contributed by atoms with van der Waals surface area (Å²) in [4.78, 5) is 8.16. The molecule has 4 aromatic rings. The molecule has 1 aliphatic rings. The summed E-state index contributed by atoms with van der Waals surface area (Å²) < 4.78 is 0. The first-order valence-corrected chi connectivity index (χ1v) is 10.4. The Morgan fingerprint density at radius 2 is 2.03 bits per heavy atom. The van der Waals surface area contributed by atoms with Crippen molar-refractivity contribution in [2.24, 2.45) is 0 Å². The molecule has 0 saturated heterocycles. The SMILES string of the molecule is CCc1cc(O)ccc1-c1ccc2c(-c3nc(C4=C(C)CNCC4)c[nH]3)n[nH]c2c1. The van der Waals surface area contributed by atoms with Crippen molar-refractivity contribution in [1.82, 2.24) is 25.5 Å². The van der Waals surface area contributed by atoms with Crippen LogP contribution in [0, 0.1) is 0 Å². The number of aromatic nitrogens is 4. The summed E-state index contributed by atoms with van der Waals surface area (Å²) >= 11 is 0. The highest BCUT2D eigenvalue weighted by Crippen LogP contribution is 2.33. The summed E-state index contributed by atoms with van der Waals surface area (Å²) in [6.45, 7) is 6.16. The van der Waals surface area contributed by atoms with Crippen LogP contribution < -0.4 is 5.32 Å². The maximum absolute atomic E-state index is 9.80. The van der Waals surface area contributed by atoms with E-state index in [9.17, 15) is 5.11 Å². The molecule has 0 saturated carbocycles. The highest BCUT2D eigenvalue weighted by Gasteiger charge is 2.17. The lowest BCUT2D eigenvalue weighted by atomic mass is 9.97. The second kappa shape index (κ2) is 7.46. The van der Waals surface area contributed by atoms with Crippen LogP contribution in [0.2, 0.25) is 0 Å². The Labute approximate surface area is 175 Å². The van der Waals surface area contributed by atoms with E-state index in [1.807, 2.05) is 18.3 Å². The molecule has 0 radical (unpaired) electrons. The summed E-state index contributed by atoms with van der Waals surface area (Å²) in [5, 5.41) is 21.9. The number of aryl methyl sites for hydroxylation is 1. The minimum Gasteiger partial charge on any atom is -0.508 e. The van der Waals surface area contributed by atoms with Gasteiger partial charge in [-0.15, -0.1) is 0 Å². The predicted molar refractivity (Wildman–Crippen MR) is 120 cm³/mol. The molecule has 3 heterocycles. The van der Waals surface area contributed by atoms with E-state index >= 15 is 0 Å². The van der Waals surface area contributed by atoms with Gasteiger partial charge in [-0.05, 0) is 72.8 Å². The number of hydrogen-bond acceptors (Lipinski definition) is 4. The van der Waals surface area contributed by atoms with E-state index in [4.69, 9.17) is 4.98 Å². The average Bonchev–Trinajstić information content (AvgIpc) is 3.40. The van der Waals surface area contributed by atoms with Crippen molar-refractivity contribution < 1.29 is 5.11 Å². The number of phenolic OH excluding ortho intramolecular Hbond substituents is 1. The van der Waals surface area contributed by atoms with Crippen LogP contribution in [0.5, 0.6) is 5.75 Å². The van der Waals surface area contributed by atoms with Crippen molar-refractivity contribution in [3.05, 3.63) is 59.4 Å². The monoisotopic (exact) mass is 399 g/mol. The molecule has 0 unspecified atom stereocenters. The first kappa shape index (κ1) is 18.6. The zero-order chi connectivity index (χ0) is 20.7. The fourth-order valence-corrected chi connectivity index (χ4v) is 4.28. The lowest BCUT2D eigenvalue weighted by Gasteiger charge is -2.17. The smallest absolute Gasteiger partial charge is 0.159 e. The zero-order valence-corrected chi connectivity index (χ0v) is 17.2. The van der Waals surface area contributed by atoms with Crippen molar-refractivity contribution in [3.63, 3.8) is 0 Å². The second-order valence-corrected chi connectivity index (χ2v) is 7.85. The summed E-state index contributed by atoms with van der Waals surface area (Å²) in [5.41, 5.74) is 8.81. The van der Waals surface area contributed by atoms with E-state index in [2.05, 4.69) is 52.5 Å². The van der Waals surface area contributed by atoms with Crippen molar-refractivity contribution in [2.45, 2.75) is 26.7 Å². The van der Waals surface area contributed by atoms with Gasteiger partial charge < -0.3 is 15.4 Å². The topological polar surface area (TPSA) is 89.6 Å². The molecule has 0 fully saturated rings. The Balaban J connectivity index is 1.53. The van der Waals surface area contributed by atoms with Crippen LogP contribution in [0.25, 0.3) is 39.1 Å². The third-order valence-electron chi connectivity index (χ3n) is 5.91. The van der Waals surface area contributed by atoms with Crippen molar-refractivity contribution in [2.75, 3.05) is 13.1 Å². The van der Waals surface area contributed by atoms with Crippen LogP contribution in [0.3, 0.4) is 0 Å². The molecule has 2 aromatic heterocycles. The van der Waals surface area contributed by atoms with Gasteiger partial charge in [0.05, 0.1) is 11.2 Å². The predicted octanol–water partition coefficient (Wildman–Crippen LogP) is 4.65. The second-order valence-electron chi connectivity index (χ2n) is 7.85. The molecule has 0 atom stereocenters. The zero-order valence-electron chi connectivity index (χ0n) is 17.2. The Morgan fingerprint density at radius 1 is 1.13 bits per heavy atom. The van der Waals surface area contributed by atoms with Crippen LogP contribution in [0.15, 0.2) is 48.2 Å². The van der Waals surface area contributed by atoms with E-state index in [1.54, 1.807) is 6.07 Å². The van der Waals surface area contributed by atoms with Gasteiger partial charge in [0.2, 0.25) is 0 Å². The number of imidazole rings is 1. The lowest BCUT2D eigenvalue weighted by molar-refractivity contribution is 0.474. The lowest BCUT2D eigenvalue weighted by Crippen LogP contribution is -2.23. The molecule has 1 aliphatic heterocycles. The minimum absolute atomic E-state index is 0.299. The van der Waals surface area contributed by atoms with Gasteiger partial charge in [0, 0.05) is 18.1 Å². The van der Waals surface area contributed by atoms with E-state index in [0.717, 1.165) is 70.7 Å². The number of benzene rings is 2. The molecule has 0 bridgehead atoms. The number of hydrogen-bond donors (Lipinski definition) is 4. The molecular weight excluding hydrogens is 374 g/mol. The Kier molecular flexibility index (Phi) is 4.64. The molecule has 152 valence electrons. The van der Waals surface area contributed by atoms with Gasteiger partial charge in [0.25, 0.3) is 0 Å². The van der Waals surface area contributed by atoms with Crippen LogP contribution in [-0.2, 0) is 6.42 Å². The van der Waals surface area contributed by atoms with E-state index in [-0.39, 0.29) is 0 Å². The number of fused-ring (bicyclic) bond motifs is 1. The molecule has 6 nitrogen and oxygen atoms in total. The van der Waals surface area contributed by atoms with Crippen LogP contribution in [0.1, 0.15) is 31.5 Å². The van der Waals surface area contributed by atoms with Gasteiger partial charge in [0.15, 0.2) is 5.82 Å². The maximum atomic E-state index is 9.80. The van der Waals surface area contributed by atoms with Crippen molar-refractivity contribution in [3.8, 4) is 28.4 Å². The van der Waals surface area contributed by atoms with E-state index in [1.165, 1.54) is 11.1 Å². The quantitative estimate of drug-likeness (QED) is 0.402. The van der Waals surface area contributed by atoms with E-state index in [0.29, 0.717) is 5.75 Å². The summed E-state index contributed by atoms with van der Waals surface area (Å²) in [6.07, 6.45) is 3.83. The number of nitrogens with zero attached hydrogens (tertiary/aromatic N) is 2. The molecule has 0 amide bonds. The summed E-state index contributed by atoms with van der Waals surface area (Å²) in [6, 6.07) is 11.9. The molecule has 4 N–H and O–H groups in total. The van der Waals surface area contributed by atoms with Gasteiger partial charge in [-0.1, -0.05) is 24.6 Å². The largest absolute Gasteiger partial charge is 0.508 e. The van der Waals surface area contributed by atoms with Gasteiger partial charge in [0.1, 0.15) is 11.4 Å². The molecule has 6 heteroatoms. The van der Waals surface area contributed by atoms with Gasteiger partial charge in [-0.3, -0.25) is 5.10 Å². The average molecular weight is 399 g/mol. The molecule has 0 spiro atoms. The van der Waals surface area contributed by atoms with E-state index < -0.39 is 0 Å². The first-order valence-electron chi connectivity index (χ1n) is 10.4. The number of aromatic amines is 2. The third-order valence-corrected chi connectivity index (χ3v) is 5.91. The highest BCUT2D eigenvalue weighted by molar-refractivity contribution is 5.94. The summed E-state index contributed by atoms with van der Waals surface area (Å²) in [7, 11) is 0. The number of H-pyrrole nitrogens is 2. The summed E-state index contributed by atoms with van der Waals surface area (Å²) in [5.74, 6) is 1.08. The fourth-order valence-electron chi connectivity index (χ4n) is 4.28. The van der Waals surface area contributed by atoms with Crippen LogP contribution >= 0.6 is 0 Å². The maximum Gasteiger partial charge on any atom is 0.159 e. The number of nitrogens with one attached hydrogen (secondary N) is 3. The molecular formula is C24H25N5O. The standard InChI is InChI=1S/C24H25N5O/c1-3-15-10-17(30)5-7-19(15)16-4-6-20-21(11-16)28-29-23(20)24-26-13-22(27-24)18-8-9-25-12-14(18)2/h4-7,10-11,13,25,30H,3,8-9,12H2,1-2H3,(H,26,27)(H,28,29). The Bertz CT molecular complexity index is 1260. The molecule has 2 aromatic carbocycles. The highest BCUT2D eigenvalue weighted by atomic mass is 16.3. The van der Waals surface area contributed by atoms with Crippen molar-refractivity contribution in [1.29, 1.82) is 0 Å². The number of phenols is 1. The normalized spacial score (nSPS) is 14.6. The van der Waals surface area contributed by atoms with Gasteiger partial charge in [-0.25, -0.2) is 4.98 Å². The molecule has 0 aliphatic carbocycles. The van der Waals surface area contributed by atoms with Crippen molar-refractivity contribution >= 4 is 16.5 Å². The number of rotatable bonds is 4. The Morgan fingerprint density at radius 3 is 2.87 bits per heavy atom. The minimum atomic E-state index is 0.299.